The molecule has 0 spiro atoms. The van der Waals surface area contributed by atoms with Crippen molar-refractivity contribution in [3.63, 3.8) is 0 Å². The Morgan fingerprint density at radius 1 is 1.25 bits per heavy atom. The lowest BCUT2D eigenvalue weighted by Gasteiger charge is -2.09. The third-order valence-corrected chi connectivity index (χ3v) is 3.29. The summed E-state index contributed by atoms with van der Waals surface area (Å²) < 4.78 is 0. The SMILES string of the molecule is C[C@H](Cl)c1cccc(NC(=O)c2cc(Cl)ccc2O)c1. The molecule has 5 heteroatoms. The van der Waals surface area contributed by atoms with E-state index in [-0.39, 0.29) is 16.7 Å². The van der Waals surface area contributed by atoms with E-state index in [1.807, 2.05) is 19.1 Å². The van der Waals surface area contributed by atoms with Gasteiger partial charge in [-0.3, -0.25) is 4.79 Å². The Bertz CT molecular complexity index is 642. The normalized spacial score (nSPS) is 11.9. The average molecular weight is 310 g/mol. The maximum Gasteiger partial charge on any atom is 0.259 e. The van der Waals surface area contributed by atoms with Gasteiger partial charge in [-0.15, -0.1) is 11.6 Å². The smallest absolute Gasteiger partial charge is 0.259 e. The highest BCUT2D eigenvalue weighted by molar-refractivity contribution is 6.31. The fourth-order valence-electron chi connectivity index (χ4n) is 1.75. The number of nitrogens with one attached hydrogen (secondary N) is 1. The molecule has 0 fully saturated rings. The first kappa shape index (κ1) is 14.7. The summed E-state index contributed by atoms with van der Waals surface area (Å²) in [7, 11) is 0. The molecule has 0 aliphatic carbocycles. The molecule has 0 bridgehead atoms. The van der Waals surface area contributed by atoms with Crippen LogP contribution in [0.4, 0.5) is 5.69 Å². The second-order valence-corrected chi connectivity index (χ2v) is 5.45. The van der Waals surface area contributed by atoms with E-state index in [0.29, 0.717) is 10.7 Å². The number of rotatable bonds is 3. The Morgan fingerprint density at radius 2 is 2.00 bits per heavy atom. The summed E-state index contributed by atoms with van der Waals surface area (Å²) in [4.78, 5) is 12.1. The summed E-state index contributed by atoms with van der Waals surface area (Å²) in [5.74, 6) is -0.543. The molecule has 3 nitrogen and oxygen atoms in total. The average Bonchev–Trinajstić information content (AvgIpc) is 2.41. The molecule has 104 valence electrons. The monoisotopic (exact) mass is 309 g/mol. The van der Waals surface area contributed by atoms with Gasteiger partial charge in [0.15, 0.2) is 0 Å². The van der Waals surface area contributed by atoms with Gasteiger partial charge in [-0.05, 0) is 42.8 Å². The predicted molar refractivity (Wildman–Crippen MR) is 81.8 cm³/mol. The lowest BCUT2D eigenvalue weighted by Crippen LogP contribution is -2.12. The van der Waals surface area contributed by atoms with E-state index in [1.54, 1.807) is 12.1 Å². The number of aromatic hydroxyl groups is 1. The van der Waals surface area contributed by atoms with Gasteiger partial charge in [-0.1, -0.05) is 23.7 Å². The number of amides is 1. The minimum atomic E-state index is -0.427. The van der Waals surface area contributed by atoms with Crippen molar-refractivity contribution >= 4 is 34.8 Å². The fraction of sp³-hybridized carbons (Fsp3) is 0.133. The topological polar surface area (TPSA) is 49.3 Å². The molecule has 0 saturated heterocycles. The first-order valence-electron chi connectivity index (χ1n) is 6.01. The van der Waals surface area contributed by atoms with Crippen molar-refractivity contribution in [2.45, 2.75) is 12.3 Å². The minimum absolute atomic E-state index is 0.117. The summed E-state index contributed by atoms with van der Waals surface area (Å²) in [6.45, 7) is 1.85. The molecule has 2 aromatic rings. The van der Waals surface area contributed by atoms with Crippen molar-refractivity contribution < 1.29 is 9.90 Å². The van der Waals surface area contributed by atoms with Crippen molar-refractivity contribution in [2.24, 2.45) is 0 Å². The van der Waals surface area contributed by atoms with E-state index < -0.39 is 5.91 Å². The number of carbonyl (C=O) groups is 1. The largest absolute Gasteiger partial charge is 0.507 e. The molecule has 1 amide bonds. The van der Waals surface area contributed by atoms with Crippen molar-refractivity contribution in [3.05, 3.63) is 58.6 Å². The standard InChI is InChI=1S/C15H13Cl2NO2/c1-9(16)10-3-2-4-12(7-10)18-15(20)13-8-11(17)5-6-14(13)19/h2-9,19H,1H3,(H,18,20)/t9-/m0/s1. The number of anilines is 1. The quantitative estimate of drug-likeness (QED) is 0.814. The molecule has 0 heterocycles. The zero-order valence-corrected chi connectivity index (χ0v) is 12.2. The molecular formula is C15H13Cl2NO2. The van der Waals surface area contributed by atoms with Gasteiger partial charge in [0.25, 0.3) is 5.91 Å². The minimum Gasteiger partial charge on any atom is -0.507 e. The van der Waals surface area contributed by atoms with Crippen LogP contribution in [0.25, 0.3) is 0 Å². The number of hydrogen-bond donors (Lipinski definition) is 2. The van der Waals surface area contributed by atoms with Crippen molar-refractivity contribution in [2.75, 3.05) is 5.32 Å². The van der Waals surface area contributed by atoms with Crippen LogP contribution in [0.3, 0.4) is 0 Å². The number of hydrogen-bond acceptors (Lipinski definition) is 2. The maximum atomic E-state index is 12.1. The van der Waals surface area contributed by atoms with Gasteiger partial charge in [0.2, 0.25) is 0 Å². The lowest BCUT2D eigenvalue weighted by molar-refractivity contribution is 0.102. The predicted octanol–water partition coefficient (Wildman–Crippen LogP) is 4.60. The van der Waals surface area contributed by atoms with Gasteiger partial charge in [0.05, 0.1) is 10.9 Å². The molecule has 0 radical (unpaired) electrons. The van der Waals surface area contributed by atoms with Gasteiger partial charge in [0.1, 0.15) is 5.75 Å². The Kier molecular flexibility index (Phi) is 4.53. The second kappa shape index (κ2) is 6.16. The molecular weight excluding hydrogens is 297 g/mol. The number of benzene rings is 2. The van der Waals surface area contributed by atoms with E-state index in [2.05, 4.69) is 5.32 Å². The van der Waals surface area contributed by atoms with Crippen LogP contribution < -0.4 is 5.32 Å². The molecule has 2 N–H and O–H groups in total. The number of carbonyl (C=O) groups excluding carboxylic acids is 1. The number of phenolic OH excluding ortho intramolecular Hbond substituents is 1. The second-order valence-electron chi connectivity index (χ2n) is 4.36. The van der Waals surface area contributed by atoms with Crippen LogP contribution in [0.15, 0.2) is 42.5 Å². The Hall–Kier alpha value is -1.71. The third-order valence-electron chi connectivity index (χ3n) is 2.81. The van der Waals surface area contributed by atoms with Gasteiger partial charge in [-0.2, -0.15) is 0 Å². The number of alkyl halides is 1. The number of phenols is 1. The summed E-state index contributed by atoms with van der Waals surface area (Å²) >= 11 is 11.8. The van der Waals surface area contributed by atoms with Crippen LogP contribution in [0.2, 0.25) is 5.02 Å². The molecule has 0 aromatic heterocycles. The van der Waals surface area contributed by atoms with Crippen molar-refractivity contribution in [1.29, 1.82) is 0 Å². The van der Waals surface area contributed by atoms with Crippen LogP contribution >= 0.6 is 23.2 Å². The van der Waals surface area contributed by atoms with E-state index >= 15 is 0 Å². The summed E-state index contributed by atoms with van der Waals surface area (Å²) in [5.41, 5.74) is 1.64. The van der Waals surface area contributed by atoms with Gasteiger partial charge in [0, 0.05) is 10.7 Å². The molecule has 0 saturated carbocycles. The van der Waals surface area contributed by atoms with Gasteiger partial charge in [-0.25, -0.2) is 0 Å². The zero-order valence-electron chi connectivity index (χ0n) is 10.7. The fourth-order valence-corrected chi connectivity index (χ4v) is 2.06. The molecule has 0 unspecified atom stereocenters. The molecule has 0 aliphatic rings. The highest BCUT2D eigenvalue weighted by Gasteiger charge is 2.12. The highest BCUT2D eigenvalue weighted by Crippen LogP contribution is 2.25. The first-order chi connectivity index (χ1) is 9.47. The molecule has 2 aromatic carbocycles. The molecule has 2 rings (SSSR count). The Morgan fingerprint density at radius 3 is 2.70 bits per heavy atom. The molecule has 1 atom stereocenters. The molecule has 20 heavy (non-hydrogen) atoms. The third kappa shape index (κ3) is 3.44. The van der Waals surface area contributed by atoms with Crippen LogP contribution in [-0.2, 0) is 0 Å². The van der Waals surface area contributed by atoms with Crippen LogP contribution in [-0.4, -0.2) is 11.0 Å². The van der Waals surface area contributed by atoms with E-state index in [1.165, 1.54) is 18.2 Å². The lowest BCUT2D eigenvalue weighted by atomic mass is 10.1. The Labute approximate surface area is 127 Å². The van der Waals surface area contributed by atoms with Crippen molar-refractivity contribution in [3.8, 4) is 5.75 Å². The van der Waals surface area contributed by atoms with Gasteiger partial charge < -0.3 is 10.4 Å². The maximum absolute atomic E-state index is 12.1. The van der Waals surface area contributed by atoms with E-state index in [4.69, 9.17) is 23.2 Å². The van der Waals surface area contributed by atoms with Gasteiger partial charge >= 0.3 is 0 Å². The number of halogens is 2. The van der Waals surface area contributed by atoms with Crippen LogP contribution in [0.1, 0.15) is 28.2 Å². The Balaban J connectivity index is 2.23. The van der Waals surface area contributed by atoms with Crippen molar-refractivity contribution in [1.82, 2.24) is 0 Å². The van der Waals surface area contributed by atoms with E-state index in [0.717, 1.165) is 5.56 Å². The zero-order chi connectivity index (χ0) is 14.7. The highest BCUT2D eigenvalue weighted by atomic mass is 35.5. The summed E-state index contributed by atoms with van der Waals surface area (Å²) in [5, 5.41) is 12.6. The summed E-state index contributed by atoms with van der Waals surface area (Å²) in [6.07, 6.45) is 0. The summed E-state index contributed by atoms with van der Waals surface area (Å²) in [6, 6.07) is 11.5. The van der Waals surface area contributed by atoms with Crippen LogP contribution in [0.5, 0.6) is 5.75 Å². The first-order valence-corrected chi connectivity index (χ1v) is 6.82. The van der Waals surface area contributed by atoms with Crippen LogP contribution in [0, 0.1) is 0 Å². The molecule has 0 aliphatic heterocycles. The van der Waals surface area contributed by atoms with E-state index in [9.17, 15) is 9.90 Å².